The van der Waals surface area contributed by atoms with E-state index in [-0.39, 0.29) is 0 Å². The number of alkyl halides is 2. The van der Waals surface area contributed by atoms with Gasteiger partial charge in [0.1, 0.15) is 0 Å². The van der Waals surface area contributed by atoms with E-state index < -0.39 is 6.69 Å². The van der Waals surface area contributed by atoms with Crippen molar-refractivity contribution in [2.45, 2.75) is 24.9 Å². The average molecular weight is 254 g/mol. The third-order valence-electron chi connectivity index (χ3n) is 1.35. The molecule has 0 N–H and O–H groups in total. The molecule has 0 bridgehead atoms. The van der Waals surface area contributed by atoms with Crippen LogP contribution in [0.15, 0.2) is 0 Å². The van der Waals surface area contributed by atoms with Crippen LogP contribution in [-0.4, -0.2) is 18.5 Å². The van der Waals surface area contributed by atoms with Crippen LogP contribution >= 0.6 is 45.4 Å². The first-order valence-electron chi connectivity index (χ1n) is 3.62. The highest BCUT2D eigenvalue weighted by atomic mass is 35.7. The predicted octanol–water partition coefficient (Wildman–Crippen LogP) is 4.16. The molecule has 11 heavy (non-hydrogen) atoms. The van der Waals surface area contributed by atoms with Gasteiger partial charge in [-0.05, 0) is 24.9 Å². The lowest BCUT2D eigenvalue weighted by Gasteiger charge is -2.14. The lowest BCUT2D eigenvalue weighted by atomic mass is 10.6. The van der Waals surface area contributed by atoms with Gasteiger partial charge in [0, 0.05) is 11.8 Å². The zero-order chi connectivity index (χ0) is 8.74. The number of halogens is 4. The molecule has 0 spiro atoms. The fourth-order valence-electron chi connectivity index (χ4n) is 0.776. The number of rotatable bonds is 6. The lowest BCUT2D eigenvalue weighted by Crippen LogP contribution is -2.18. The van der Waals surface area contributed by atoms with Gasteiger partial charge in [-0.2, -0.15) is 0 Å². The molecule has 5 heteroatoms. The Morgan fingerprint density at radius 2 is 1.18 bits per heavy atom. The van der Waals surface area contributed by atoms with E-state index in [0.29, 0.717) is 11.8 Å². The highest BCUT2D eigenvalue weighted by Crippen LogP contribution is 2.28. The number of hydrogen-bond donors (Lipinski definition) is 0. The molecule has 0 atom stereocenters. The smallest absolute Gasteiger partial charge is 0.146 e. The normalized spacial score (nSPS) is 12.0. The van der Waals surface area contributed by atoms with Crippen molar-refractivity contribution in [1.29, 1.82) is 0 Å². The lowest BCUT2D eigenvalue weighted by molar-refractivity contribution is 1.02. The molecule has 68 valence electrons. The molecule has 0 aliphatic rings. The van der Waals surface area contributed by atoms with E-state index in [9.17, 15) is 0 Å². The molecule has 0 amide bonds. The molecule has 0 nitrogen and oxygen atoms in total. The van der Waals surface area contributed by atoms with E-state index in [0.717, 1.165) is 24.9 Å². The van der Waals surface area contributed by atoms with Gasteiger partial charge in [0.25, 0.3) is 6.69 Å². The van der Waals surface area contributed by atoms with Gasteiger partial charge in [0.15, 0.2) is 0 Å². The van der Waals surface area contributed by atoms with Gasteiger partial charge in [-0.1, -0.05) is 0 Å². The van der Waals surface area contributed by atoms with Crippen LogP contribution in [0.25, 0.3) is 0 Å². The van der Waals surface area contributed by atoms with Crippen LogP contribution in [0.2, 0.25) is 12.1 Å². The van der Waals surface area contributed by atoms with Crippen molar-refractivity contribution < 1.29 is 0 Å². The summed E-state index contributed by atoms with van der Waals surface area (Å²) in [5.74, 6) is 1.30. The molecule has 0 saturated heterocycles. The van der Waals surface area contributed by atoms with E-state index in [1.54, 1.807) is 0 Å². The molecule has 0 aliphatic heterocycles. The van der Waals surface area contributed by atoms with Crippen molar-refractivity contribution in [3.63, 3.8) is 0 Å². The summed E-state index contributed by atoms with van der Waals surface area (Å²) in [5, 5.41) is 0. The van der Waals surface area contributed by atoms with Crippen LogP contribution in [0.3, 0.4) is 0 Å². The van der Waals surface area contributed by atoms with Crippen LogP contribution in [0.5, 0.6) is 0 Å². The molecule has 0 unspecified atom stereocenters. The second-order valence-electron chi connectivity index (χ2n) is 2.44. The van der Waals surface area contributed by atoms with Gasteiger partial charge in [0.05, 0.1) is 0 Å². The minimum absolute atomic E-state index is 0.648. The van der Waals surface area contributed by atoms with Crippen LogP contribution in [0, 0.1) is 0 Å². The van der Waals surface area contributed by atoms with Gasteiger partial charge in [-0.3, -0.25) is 0 Å². The zero-order valence-corrected chi connectivity index (χ0v) is 10.3. The van der Waals surface area contributed by atoms with Crippen molar-refractivity contribution in [2.75, 3.05) is 11.8 Å². The minimum atomic E-state index is -1.97. The maximum atomic E-state index is 6.08. The SMILES string of the molecule is ClCCC[Si](Cl)(Cl)CCCCl. The first-order chi connectivity index (χ1) is 5.12. The summed E-state index contributed by atoms with van der Waals surface area (Å²) in [6.45, 7) is -1.97. The highest BCUT2D eigenvalue weighted by molar-refractivity contribution is 7.45. The van der Waals surface area contributed by atoms with Crippen molar-refractivity contribution in [3.8, 4) is 0 Å². The quantitative estimate of drug-likeness (QED) is 0.379. The molecular weight excluding hydrogens is 242 g/mol. The average Bonchev–Trinajstić information content (AvgIpc) is 1.97. The fourth-order valence-corrected chi connectivity index (χ4v) is 4.73. The standard InChI is InChI=1S/C6H12Cl4Si/c7-3-1-5-11(9,10)6-2-4-8/h1-6H2. The van der Waals surface area contributed by atoms with E-state index in [2.05, 4.69) is 0 Å². The molecule has 0 heterocycles. The van der Waals surface area contributed by atoms with Crippen LogP contribution < -0.4 is 0 Å². The molecular formula is C6H12Cl4Si. The molecule has 0 aromatic carbocycles. The summed E-state index contributed by atoms with van der Waals surface area (Å²) in [4.78, 5) is 0. The second kappa shape index (κ2) is 6.85. The predicted molar refractivity (Wildman–Crippen MR) is 57.7 cm³/mol. The van der Waals surface area contributed by atoms with Crippen LogP contribution in [0.4, 0.5) is 0 Å². The Morgan fingerprint density at radius 3 is 1.45 bits per heavy atom. The van der Waals surface area contributed by atoms with Crippen LogP contribution in [0.1, 0.15) is 12.8 Å². The summed E-state index contributed by atoms with van der Waals surface area (Å²) in [6.07, 6.45) is 1.84. The third-order valence-corrected chi connectivity index (χ3v) is 6.32. The monoisotopic (exact) mass is 252 g/mol. The fraction of sp³-hybridized carbons (Fsp3) is 1.00. The number of hydrogen-bond acceptors (Lipinski definition) is 0. The first kappa shape index (κ1) is 12.4. The maximum absolute atomic E-state index is 6.08. The van der Waals surface area contributed by atoms with Gasteiger partial charge < -0.3 is 0 Å². The molecule has 0 rings (SSSR count). The maximum Gasteiger partial charge on any atom is 0.251 e. The summed E-state index contributed by atoms with van der Waals surface area (Å²) in [7, 11) is 0. The zero-order valence-electron chi connectivity index (χ0n) is 6.25. The van der Waals surface area contributed by atoms with Gasteiger partial charge in [-0.15, -0.1) is 45.4 Å². The summed E-state index contributed by atoms with van der Waals surface area (Å²) in [6, 6.07) is 1.77. The van der Waals surface area contributed by atoms with Gasteiger partial charge >= 0.3 is 0 Å². The molecule has 0 radical (unpaired) electrons. The van der Waals surface area contributed by atoms with E-state index >= 15 is 0 Å². The molecule has 0 fully saturated rings. The topological polar surface area (TPSA) is 0 Å². The Balaban J connectivity index is 3.43. The molecule has 0 aromatic heterocycles. The van der Waals surface area contributed by atoms with Crippen molar-refractivity contribution >= 4 is 52.1 Å². The third kappa shape index (κ3) is 7.73. The van der Waals surface area contributed by atoms with Crippen molar-refractivity contribution in [1.82, 2.24) is 0 Å². The Hall–Kier alpha value is 1.38. The van der Waals surface area contributed by atoms with Crippen LogP contribution in [-0.2, 0) is 0 Å². The second-order valence-corrected chi connectivity index (χ2v) is 10.8. The van der Waals surface area contributed by atoms with E-state index in [1.165, 1.54) is 0 Å². The molecule has 0 aromatic rings. The van der Waals surface area contributed by atoms with Gasteiger partial charge in [0.2, 0.25) is 0 Å². The largest absolute Gasteiger partial charge is 0.251 e. The van der Waals surface area contributed by atoms with Crippen molar-refractivity contribution in [3.05, 3.63) is 0 Å². The summed E-state index contributed by atoms with van der Waals surface area (Å²) in [5.41, 5.74) is 0. The van der Waals surface area contributed by atoms with E-state index in [4.69, 9.17) is 45.4 Å². The molecule has 0 saturated carbocycles. The molecule has 0 aliphatic carbocycles. The van der Waals surface area contributed by atoms with Gasteiger partial charge in [-0.25, -0.2) is 0 Å². The Bertz CT molecular complexity index is 86.6. The summed E-state index contributed by atoms with van der Waals surface area (Å²) < 4.78 is 0. The summed E-state index contributed by atoms with van der Waals surface area (Å²) >= 11 is 23.2. The first-order valence-corrected chi connectivity index (χ1v) is 9.13. The van der Waals surface area contributed by atoms with Crippen molar-refractivity contribution in [2.24, 2.45) is 0 Å². The Labute approximate surface area is 88.6 Å². The Kier molecular flexibility index (Phi) is 7.70. The minimum Gasteiger partial charge on any atom is -0.146 e. The Morgan fingerprint density at radius 1 is 0.818 bits per heavy atom. The van der Waals surface area contributed by atoms with E-state index in [1.807, 2.05) is 0 Å². The highest BCUT2D eigenvalue weighted by Gasteiger charge is 2.26.